The number of nitrogens with zero attached hydrogens (tertiary/aromatic N) is 3. The van der Waals surface area contributed by atoms with Gasteiger partial charge < -0.3 is 4.90 Å². The number of hydrogen-bond acceptors (Lipinski definition) is 3. The van der Waals surface area contributed by atoms with Gasteiger partial charge in [0.15, 0.2) is 0 Å². The molecule has 0 aromatic heterocycles. The maximum atomic E-state index is 9.58. The van der Waals surface area contributed by atoms with Crippen molar-refractivity contribution in [1.29, 1.82) is 5.26 Å². The van der Waals surface area contributed by atoms with E-state index in [0.717, 1.165) is 38.0 Å². The highest BCUT2D eigenvalue weighted by atomic mass is 15.3. The van der Waals surface area contributed by atoms with E-state index in [1.54, 1.807) is 0 Å². The van der Waals surface area contributed by atoms with Crippen LogP contribution in [0.3, 0.4) is 0 Å². The summed E-state index contributed by atoms with van der Waals surface area (Å²) >= 11 is 0. The molecule has 0 aliphatic carbocycles. The molecule has 1 aliphatic rings. The van der Waals surface area contributed by atoms with Crippen LogP contribution in [0.5, 0.6) is 0 Å². The van der Waals surface area contributed by atoms with Gasteiger partial charge in [0.05, 0.1) is 6.07 Å². The maximum absolute atomic E-state index is 9.58. The molecule has 1 aromatic rings. The average molecular weight is 271 g/mol. The third kappa shape index (κ3) is 3.20. The summed E-state index contributed by atoms with van der Waals surface area (Å²) in [7, 11) is 2.18. The molecule has 0 spiro atoms. The fourth-order valence-corrected chi connectivity index (χ4v) is 2.95. The third-order valence-electron chi connectivity index (χ3n) is 4.47. The molecule has 0 bridgehead atoms. The largest absolute Gasteiger partial charge is 0.301 e. The van der Waals surface area contributed by atoms with E-state index in [4.69, 9.17) is 0 Å². The van der Waals surface area contributed by atoms with Crippen molar-refractivity contribution < 1.29 is 0 Å². The predicted octanol–water partition coefficient (Wildman–Crippen LogP) is 2.84. The van der Waals surface area contributed by atoms with Gasteiger partial charge in [-0.05, 0) is 31.0 Å². The lowest BCUT2D eigenvalue weighted by molar-refractivity contribution is 0.0773. The second-order valence-corrected chi connectivity index (χ2v) is 5.66. The Bertz CT molecular complexity index is 460. The van der Waals surface area contributed by atoms with Crippen molar-refractivity contribution >= 4 is 0 Å². The lowest BCUT2D eigenvalue weighted by atomic mass is 10.0. The van der Waals surface area contributed by atoms with Crippen molar-refractivity contribution in [2.24, 2.45) is 0 Å². The Kier molecular flexibility index (Phi) is 5.17. The molecule has 2 atom stereocenters. The van der Waals surface area contributed by atoms with E-state index < -0.39 is 0 Å². The summed E-state index contributed by atoms with van der Waals surface area (Å²) in [5, 5.41) is 9.58. The molecule has 2 rings (SSSR count). The normalized spacial score (nSPS) is 22.4. The first-order valence-electron chi connectivity index (χ1n) is 7.62. The van der Waals surface area contributed by atoms with Crippen LogP contribution in [0.2, 0.25) is 0 Å². The lowest BCUT2D eigenvalue weighted by Gasteiger charge is -2.41. The summed E-state index contributed by atoms with van der Waals surface area (Å²) in [6, 6.07) is 11.5. The fourth-order valence-electron chi connectivity index (χ4n) is 2.95. The number of piperazine rings is 1. The van der Waals surface area contributed by atoms with E-state index in [1.807, 2.05) is 0 Å². The summed E-state index contributed by atoms with van der Waals surface area (Å²) in [5.41, 5.74) is 2.46. The Morgan fingerprint density at radius 2 is 1.95 bits per heavy atom. The topological polar surface area (TPSA) is 30.3 Å². The third-order valence-corrected chi connectivity index (χ3v) is 4.47. The van der Waals surface area contributed by atoms with Gasteiger partial charge in [-0.1, -0.05) is 38.1 Å². The van der Waals surface area contributed by atoms with Crippen LogP contribution in [0, 0.1) is 11.3 Å². The lowest BCUT2D eigenvalue weighted by Crippen LogP contribution is -2.51. The summed E-state index contributed by atoms with van der Waals surface area (Å²) < 4.78 is 0. The first-order chi connectivity index (χ1) is 9.69. The minimum absolute atomic E-state index is 0.108. The number of hydrogen-bond donors (Lipinski definition) is 0. The van der Waals surface area contributed by atoms with E-state index in [2.05, 4.69) is 61.0 Å². The van der Waals surface area contributed by atoms with Gasteiger partial charge in [-0.2, -0.15) is 5.26 Å². The number of likely N-dealkylation sites (N-methyl/N-ethyl adjacent to an activating group) is 1. The summed E-state index contributed by atoms with van der Waals surface area (Å²) in [4.78, 5) is 4.74. The van der Waals surface area contributed by atoms with Crippen molar-refractivity contribution in [2.45, 2.75) is 38.8 Å². The smallest absolute Gasteiger partial charge is 0.123 e. The van der Waals surface area contributed by atoms with Crippen LogP contribution >= 0.6 is 0 Å². The number of benzene rings is 1. The first-order valence-corrected chi connectivity index (χ1v) is 7.62. The Balaban J connectivity index is 2.13. The van der Waals surface area contributed by atoms with Crippen LogP contribution in [0.1, 0.15) is 37.4 Å². The van der Waals surface area contributed by atoms with Gasteiger partial charge in [-0.15, -0.1) is 0 Å². The molecule has 3 heteroatoms. The molecule has 0 saturated carbocycles. The molecule has 0 amide bonds. The van der Waals surface area contributed by atoms with Gasteiger partial charge in [0.25, 0.3) is 0 Å². The zero-order valence-electron chi connectivity index (χ0n) is 12.8. The Hall–Kier alpha value is -1.37. The van der Waals surface area contributed by atoms with Gasteiger partial charge in [0, 0.05) is 25.7 Å². The monoisotopic (exact) mass is 271 g/mol. The Morgan fingerprint density at radius 1 is 1.25 bits per heavy atom. The zero-order valence-corrected chi connectivity index (χ0v) is 12.8. The molecule has 2 unspecified atom stereocenters. The summed E-state index contributed by atoms with van der Waals surface area (Å²) in [6.07, 6.45) is 2.18. The van der Waals surface area contributed by atoms with Crippen molar-refractivity contribution in [3.63, 3.8) is 0 Å². The standard InChI is InChI=1S/C17H25N3/c1-4-14-6-8-15(9-7-14)17(12-18)20-11-10-19(3)16(5-2)13-20/h6-9,16-17H,4-5,10-11,13H2,1-3H3. The van der Waals surface area contributed by atoms with E-state index in [-0.39, 0.29) is 6.04 Å². The number of aryl methyl sites for hydroxylation is 1. The van der Waals surface area contributed by atoms with Gasteiger partial charge in [0.2, 0.25) is 0 Å². The van der Waals surface area contributed by atoms with Gasteiger partial charge in [-0.3, -0.25) is 4.90 Å². The van der Waals surface area contributed by atoms with Gasteiger partial charge >= 0.3 is 0 Å². The van der Waals surface area contributed by atoms with Gasteiger partial charge in [-0.25, -0.2) is 0 Å². The number of rotatable bonds is 4. The van der Waals surface area contributed by atoms with Crippen molar-refractivity contribution in [3.8, 4) is 6.07 Å². The van der Waals surface area contributed by atoms with Crippen molar-refractivity contribution in [3.05, 3.63) is 35.4 Å². The minimum atomic E-state index is -0.108. The predicted molar refractivity (Wildman–Crippen MR) is 82.5 cm³/mol. The van der Waals surface area contributed by atoms with Crippen LogP contribution in [0.15, 0.2) is 24.3 Å². The highest BCUT2D eigenvalue weighted by Crippen LogP contribution is 2.24. The molecular weight excluding hydrogens is 246 g/mol. The average Bonchev–Trinajstić information content (AvgIpc) is 2.50. The minimum Gasteiger partial charge on any atom is -0.301 e. The molecule has 3 nitrogen and oxygen atoms in total. The Morgan fingerprint density at radius 3 is 2.50 bits per heavy atom. The highest BCUT2D eigenvalue weighted by Gasteiger charge is 2.28. The molecular formula is C17H25N3. The van der Waals surface area contributed by atoms with Crippen molar-refractivity contribution in [2.75, 3.05) is 26.7 Å². The van der Waals surface area contributed by atoms with E-state index in [1.165, 1.54) is 5.56 Å². The number of nitriles is 1. The second kappa shape index (κ2) is 6.88. The molecule has 0 N–H and O–H groups in total. The van der Waals surface area contributed by atoms with Crippen LogP contribution in [-0.4, -0.2) is 42.5 Å². The SMILES string of the molecule is CCc1ccc(C(C#N)N2CCN(C)C(CC)C2)cc1. The van der Waals surface area contributed by atoms with Crippen molar-refractivity contribution in [1.82, 2.24) is 9.80 Å². The molecule has 108 valence electrons. The van der Waals surface area contributed by atoms with E-state index >= 15 is 0 Å². The molecule has 1 saturated heterocycles. The second-order valence-electron chi connectivity index (χ2n) is 5.66. The van der Waals surface area contributed by atoms with E-state index in [0.29, 0.717) is 6.04 Å². The van der Waals surface area contributed by atoms with Crippen LogP contribution < -0.4 is 0 Å². The molecule has 1 aliphatic heterocycles. The quantitative estimate of drug-likeness (QED) is 0.843. The molecule has 0 radical (unpaired) electrons. The van der Waals surface area contributed by atoms with Crippen LogP contribution in [-0.2, 0) is 6.42 Å². The summed E-state index contributed by atoms with van der Waals surface area (Å²) in [5.74, 6) is 0. The molecule has 20 heavy (non-hydrogen) atoms. The first kappa shape index (κ1) is 15.0. The molecule has 1 fully saturated rings. The van der Waals surface area contributed by atoms with Gasteiger partial charge in [0.1, 0.15) is 6.04 Å². The fraction of sp³-hybridized carbons (Fsp3) is 0.588. The molecule has 1 aromatic carbocycles. The maximum Gasteiger partial charge on any atom is 0.123 e. The van der Waals surface area contributed by atoms with E-state index in [9.17, 15) is 5.26 Å². The summed E-state index contributed by atoms with van der Waals surface area (Å²) in [6.45, 7) is 7.39. The molecule has 1 heterocycles. The van der Waals surface area contributed by atoms with Crippen LogP contribution in [0.4, 0.5) is 0 Å². The zero-order chi connectivity index (χ0) is 14.5. The van der Waals surface area contributed by atoms with Crippen LogP contribution in [0.25, 0.3) is 0 Å². The highest BCUT2D eigenvalue weighted by molar-refractivity contribution is 5.28. The Labute approximate surface area is 122 Å².